The Bertz CT molecular complexity index is 547. The molecule has 0 aromatic heterocycles. The molecule has 0 aliphatic rings. The van der Waals surface area contributed by atoms with Crippen LogP contribution < -0.4 is 4.74 Å². The summed E-state index contributed by atoms with van der Waals surface area (Å²) in [7, 11) is 0. The Kier molecular flexibility index (Phi) is 3.97. The smallest absolute Gasteiger partial charge is 0.153 e. The molecule has 2 rings (SSSR count). The van der Waals surface area contributed by atoms with Crippen molar-refractivity contribution >= 4 is 6.29 Å². The lowest BCUT2D eigenvalue weighted by atomic mass is 9.97. The summed E-state index contributed by atoms with van der Waals surface area (Å²) >= 11 is 0. The standard InChI is InChI=1S/C16H16O3/c1-16(18,14-8-3-2-4-9-14)12-19-15-10-6-5-7-13(15)11-17/h2-11,18H,12H2,1H3. The average Bonchev–Trinajstić information content (AvgIpc) is 2.46. The van der Waals surface area contributed by atoms with Crippen molar-refractivity contribution in [2.24, 2.45) is 0 Å². The van der Waals surface area contributed by atoms with Crippen LogP contribution in [0, 0.1) is 0 Å². The summed E-state index contributed by atoms with van der Waals surface area (Å²) < 4.78 is 5.57. The highest BCUT2D eigenvalue weighted by Gasteiger charge is 2.24. The van der Waals surface area contributed by atoms with Gasteiger partial charge >= 0.3 is 0 Å². The third kappa shape index (κ3) is 3.20. The molecule has 19 heavy (non-hydrogen) atoms. The lowest BCUT2D eigenvalue weighted by Crippen LogP contribution is -2.29. The molecule has 0 heterocycles. The third-order valence-electron chi connectivity index (χ3n) is 2.95. The van der Waals surface area contributed by atoms with Gasteiger partial charge in [-0.25, -0.2) is 0 Å². The first-order valence-electron chi connectivity index (χ1n) is 6.08. The Balaban J connectivity index is 2.12. The monoisotopic (exact) mass is 256 g/mol. The van der Waals surface area contributed by atoms with Crippen LogP contribution in [0.3, 0.4) is 0 Å². The molecule has 2 aromatic rings. The molecule has 0 spiro atoms. The Labute approximate surface area is 112 Å². The molecule has 0 bridgehead atoms. The van der Waals surface area contributed by atoms with Gasteiger partial charge in [0, 0.05) is 0 Å². The second kappa shape index (κ2) is 5.67. The van der Waals surface area contributed by atoms with E-state index in [4.69, 9.17) is 4.74 Å². The van der Waals surface area contributed by atoms with E-state index in [-0.39, 0.29) is 6.61 Å². The number of carbonyl (C=O) groups excluding carboxylic acids is 1. The van der Waals surface area contributed by atoms with E-state index in [0.29, 0.717) is 11.3 Å². The number of aldehydes is 1. The molecule has 0 amide bonds. The topological polar surface area (TPSA) is 46.5 Å². The van der Waals surface area contributed by atoms with Crippen LogP contribution >= 0.6 is 0 Å². The van der Waals surface area contributed by atoms with Gasteiger partial charge in [-0.3, -0.25) is 4.79 Å². The molecule has 2 aromatic carbocycles. The summed E-state index contributed by atoms with van der Waals surface area (Å²) in [4.78, 5) is 10.9. The van der Waals surface area contributed by atoms with Gasteiger partial charge in [0.15, 0.2) is 6.29 Å². The fraction of sp³-hybridized carbons (Fsp3) is 0.188. The van der Waals surface area contributed by atoms with Gasteiger partial charge in [0.2, 0.25) is 0 Å². The second-order valence-electron chi connectivity index (χ2n) is 4.58. The summed E-state index contributed by atoms with van der Waals surface area (Å²) in [5.41, 5.74) is 0.155. The van der Waals surface area contributed by atoms with Crippen molar-refractivity contribution in [1.82, 2.24) is 0 Å². The maximum absolute atomic E-state index is 10.9. The van der Waals surface area contributed by atoms with E-state index in [9.17, 15) is 9.90 Å². The minimum Gasteiger partial charge on any atom is -0.489 e. The van der Waals surface area contributed by atoms with Crippen LogP contribution in [-0.2, 0) is 5.60 Å². The van der Waals surface area contributed by atoms with Gasteiger partial charge in [0.25, 0.3) is 0 Å². The number of aliphatic hydroxyl groups is 1. The van der Waals surface area contributed by atoms with Crippen LogP contribution in [0.2, 0.25) is 0 Å². The van der Waals surface area contributed by atoms with Gasteiger partial charge in [-0.05, 0) is 24.6 Å². The van der Waals surface area contributed by atoms with E-state index in [1.54, 1.807) is 31.2 Å². The summed E-state index contributed by atoms with van der Waals surface area (Å²) in [6.45, 7) is 1.77. The highest BCUT2D eigenvalue weighted by molar-refractivity contribution is 5.79. The van der Waals surface area contributed by atoms with Crippen LogP contribution in [-0.4, -0.2) is 18.0 Å². The van der Waals surface area contributed by atoms with E-state index < -0.39 is 5.60 Å². The Morgan fingerprint density at radius 1 is 1.11 bits per heavy atom. The van der Waals surface area contributed by atoms with Gasteiger partial charge in [0.05, 0.1) is 5.56 Å². The minimum atomic E-state index is -1.10. The van der Waals surface area contributed by atoms with Crippen LogP contribution in [0.4, 0.5) is 0 Å². The molecule has 1 unspecified atom stereocenters. The maximum Gasteiger partial charge on any atom is 0.153 e. The first-order chi connectivity index (χ1) is 9.13. The van der Waals surface area contributed by atoms with Gasteiger partial charge in [0.1, 0.15) is 18.0 Å². The number of rotatable bonds is 5. The van der Waals surface area contributed by atoms with Crippen molar-refractivity contribution in [2.75, 3.05) is 6.61 Å². The molecule has 0 fully saturated rings. The first kappa shape index (κ1) is 13.3. The predicted octanol–water partition coefficient (Wildman–Crippen LogP) is 2.79. The number of para-hydroxylation sites is 1. The molecule has 3 nitrogen and oxygen atoms in total. The predicted molar refractivity (Wildman–Crippen MR) is 73.3 cm³/mol. The van der Waals surface area contributed by atoms with Gasteiger partial charge in [-0.1, -0.05) is 42.5 Å². The molecule has 98 valence electrons. The highest BCUT2D eigenvalue weighted by atomic mass is 16.5. The normalized spacial score (nSPS) is 13.6. The highest BCUT2D eigenvalue weighted by Crippen LogP contribution is 2.23. The van der Waals surface area contributed by atoms with Crippen molar-refractivity contribution in [2.45, 2.75) is 12.5 Å². The molecule has 1 N–H and O–H groups in total. The van der Waals surface area contributed by atoms with Crippen LogP contribution in [0.1, 0.15) is 22.8 Å². The number of ether oxygens (including phenoxy) is 1. The zero-order valence-corrected chi connectivity index (χ0v) is 10.7. The second-order valence-corrected chi connectivity index (χ2v) is 4.58. The van der Waals surface area contributed by atoms with Crippen molar-refractivity contribution in [3.8, 4) is 5.75 Å². The molecule has 0 saturated heterocycles. The quantitative estimate of drug-likeness (QED) is 0.837. The fourth-order valence-electron chi connectivity index (χ4n) is 1.81. The summed E-state index contributed by atoms with van der Waals surface area (Å²) in [6.07, 6.45) is 0.743. The van der Waals surface area contributed by atoms with Crippen molar-refractivity contribution in [1.29, 1.82) is 0 Å². The van der Waals surface area contributed by atoms with Gasteiger partial charge < -0.3 is 9.84 Å². The van der Waals surface area contributed by atoms with E-state index in [0.717, 1.165) is 11.8 Å². The van der Waals surface area contributed by atoms with Crippen molar-refractivity contribution < 1.29 is 14.6 Å². The molecular formula is C16H16O3. The Morgan fingerprint density at radius 2 is 1.74 bits per heavy atom. The van der Waals surface area contributed by atoms with Crippen LogP contribution in [0.15, 0.2) is 54.6 Å². The van der Waals surface area contributed by atoms with Crippen LogP contribution in [0.25, 0.3) is 0 Å². The van der Waals surface area contributed by atoms with Gasteiger partial charge in [-0.2, -0.15) is 0 Å². The molecule has 1 atom stereocenters. The first-order valence-corrected chi connectivity index (χ1v) is 6.08. The lowest BCUT2D eigenvalue weighted by molar-refractivity contribution is 0.00739. The van der Waals surface area contributed by atoms with Crippen molar-refractivity contribution in [3.63, 3.8) is 0 Å². The maximum atomic E-state index is 10.9. The molecule has 0 saturated carbocycles. The third-order valence-corrected chi connectivity index (χ3v) is 2.95. The molecule has 0 aliphatic carbocycles. The zero-order chi connectivity index (χ0) is 13.7. The van der Waals surface area contributed by atoms with E-state index >= 15 is 0 Å². The van der Waals surface area contributed by atoms with Crippen molar-refractivity contribution in [3.05, 3.63) is 65.7 Å². The van der Waals surface area contributed by atoms with E-state index in [1.807, 2.05) is 30.3 Å². The van der Waals surface area contributed by atoms with E-state index in [2.05, 4.69) is 0 Å². The minimum absolute atomic E-state index is 0.0852. The summed E-state index contributed by atoms with van der Waals surface area (Å²) in [5, 5.41) is 10.4. The molecule has 0 radical (unpaired) electrons. The Hall–Kier alpha value is -2.13. The largest absolute Gasteiger partial charge is 0.489 e. The SMILES string of the molecule is CC(O)(COc1ccccc1C=O)c1ccccc1. The molecule has 3 heteroatoms. The number of benzene rings is 2. The Morgan fingerprint density at radius 3 is 2.42 bits per heavy atom. The molecule has 0 aliphatic heterocycles. The molecular weight excluding hydrogens is 240 g/mol. The average molecular weight is 256 g/mol. The number of hydrogen-bond acceptors (Lipinski definition) is 3. The lowest BCUT2D eigenvalue weighted by Gasteiger charge is -2.24. The summed E-state index contributed by atoms with van der Waals surface area (Å²) in [5.74, 6) is 0.480. The van der Waals surface area contributed by atoms with E-state index in [1.165, 1.54) is 0 Å². The zero-order valence-electron chi connectivity index (χ0n) is 10.7. The number of hydrogen-bond donors (Lipinski definition) is 1. The van der Waals surface area contributed by atoms with Crippen LogP contribution in [0.5, 0.6) is 5.75 Å². The fourth-order valence-corrected chi connectivity index (χ4v) is 1.81. The summed E-state index contributed by atoms with van der Waals surface area (Å²) in [6, 6.07) is 16.3. The number of carbonyl (C=O) groups is 1. The van der Waals surface area contributed by atoms with Gasteiger partial charge in [-0.15, -0.1) is 0 Å².